The highest BCUT2D eigenvalue weighted by Gasteiger charge is 2.53. The molecular formula is C34H28O10. The van der Waals surface area contributed by atoms with Gasteiger partial charge in [-0.15, -0.1) is 0 Å². The Kier molecular flexibility index (Phi) is 9.75. The molecule has 1 heterocycles. The molecule has 224 valence electrons. The normalized spacial score (nSPS) is 19.8. The Balaban J connectivity index is 1.45. The van der Waals surface area contributed by atoms with E-state index in [1.54, 1.807) is 84.9 Å². The number of aliphatic hydroxyl groups excluding tert-OH is 1. The summed E-state index contributed by atoms with van der Waals surface area (Å²) in [6.45, 7) is -0.539. The van der Waals surface area contributed by atoms with Gasteiger partial charge in [-0.1, -0.05) is 72.8 Å². The van der Waals surface area contributed by atoms with Crippen LogP contribution in [-0.2, 0) is 23.7 Å². The molecule has 10 nitrogen and oxygen atoms in total. The summed E-state index contributed by atoms with van der Waals surface area (Å²) < 4.78 is 28.3. The van der Waals surface area contributed by atoms with Crippen LogP contribution in [0.2, 0.25) is 0 Å². The van der Waals surface area contributed by atoms with Crippen LogP contribution in [0.4, 0.5) is 0 Å². The molecule has 1 aliphatic rings. The van der Waals surface area contributed by atoms with Crippen molar-refractivity contribution in [2.75, 3.05) is 6.61 Å². The summed E-state index contributed by atoms with van der Waals surface area (Å²) in [4.78, 5) is 52.1. The number of benzene rings is 4. The van der Waals surface area contributed by atoms with Gasteiger partial charge in [0.25, 0.3) is 0 Å². The zero-order valence-electron chi connectivity index (χ0n) is 23.3. The second kappa shape index (κ2) is 14.2. The van der Waals surface area contributed by atoms with Gasteiger partial charge >= 0.3 is 23.9 Å². The fraction of sp³-hybridized carbons (Fsp3) is 0.176. The monoisotopic (exact) mass is 596 g/mol. The third-order valence-corrected chi connectivity index (χ3v) is 6.75. The molecule has 1 N–H and O–H groups in total. The lowest BCUT2D eigenvalue weighted by Crippen LogP contribution is -2.47. The lowest BCUT2D eigenvalue weighted by Gasteiger charge is -2.28. The van der Waals surface area contributed by atoms with E-state index in [9.17, 15) is 24.3 Å². The summed E-state index contributed by atoms with van der Waals surface area (Å²) in [5, 5.41) is 10.9. The standard InChI is InChI=1S/C34H28O10/c35-30(22-13-5-1-6-14-22)40-21-26(41-31(36)23-15-7-2-8-16-23)27-28(43-32(37)24-17-9-3-10-18-24)29(34(39)42-27)44-33(38)25-19-11-4-12-20-25/h1-20,26-29,34,39H,21H2/t26-,27-,28+,29+,34-/m1/s1. The van der Waals surface area contributed by atoms with Gasteiger partial charge in [-0.05, 0) is 48.5 Å². The van der Waals surface area contributed by atoms with Crippen LogP contribution in [0.5, 0.6) is 0 Å². The molecule has 0 unspecified atom stereocenters. The van der Waals surface area contributed by atoms with Crippen molar-refractivity contribution in [3.63, 3.8) is 0 Å². The molecule has 0 aliphatic carbocycles. The molecule has 0 aromatic heterocycles. The van der Waals surface area contributed by atoms with Gasteiger partial charge in [-0.3, -0.25) is 0 Å². The maximum Gasteiger partial charge on any atom is 0.338 e. The second-order valence-electron chi connectivity index (χ2n) is 9.74. The van der Waals surface area contributed by atoms with E-state index >= 15 is 0 Å². The molecule has 5 atom stereocenters. The van der Waals surface area contributed by atoms with Crippen LogP contribution in [0.1, 0.15) is 41.4 Å². The Morgan fingerprint density at radius 2 is 0.955 bits per heavy atom. The van der Waals surface area contributed by atoms with E-state index in [1.807, 2.05) is 0 Å². The van der Waals surface area contributed by atoms with Gasteiger partial charge in [0.05, 0.1) is 22.3 Å². The van der Waals surface area contributed by atoms with Gasteiger partial charge in [0.1, 0.15) is 12.7 Å². The van der Waals surface area contributed by atoms with Crippen LogP contribution in [0.25, 0.3) is 0 Å². The number of hydrogen-bond acceptors (Lipinski definition) is 10. The number of hydrogen-bond donors (Lipinski definition) is 1. The second-order valence-corrected chi connectivity index (χ2v) is 9.74. The third kappa shape index (κ3) is 7.35. The van der Waals surface area contributed by atoms with Gasteiger partial charge in [-0.2, -0.15) is 0 Å². The lowest BCUT2D eigenvalue weighted by atomic mass is 10.0. The molecule has 1 aliphatic heterocycles. The summed E-state index contributed by atoms with van der Waals surface area (Å²) in [6, 6.07) is 32.2. The van der Waals surface area contributed by atoms with Crippen LogP contribution in [0.15, 0.2) is 121 Å². The van der Waals surface area contributed by atoms with Gasteiger partial charge in [0.15, 0.2) is 24.6 Å². The van der Waals surface area contributed by atoms with Gasteiger partial charge in [0, 0.05) is 0 Å². The molecular weight excluding hydrogens is 568 g/mol. The van der Waals surface area contributed by atoms with Crippen molar-refractivity contribution in [2.24, 2.45) is 0 Å². The number of ether oxygens (including phenoxy) is 5. The number of rotatable bonds is 10. The van der Waals surface area contributed by atoms with Crippen molar-refractivity contribution < 1.29 is 48.0 Å². The van der Waals surface area contributed by atoms with Crippen molar-refractivity contribution in [3.8, 4) is 0 Å². The minimum atomic E-state index is -1.79. The van der Waals surface area contributed by atoms with E-state index in [-0.39, 0.29) is 22.3 Å². The zero-order chi connectivity index (χ0) is 30.9. The van der Waals surface area contributed by atoms with E-state index in [4.69, 9.17) is 23.7 Å². The average molecular weight is 597 g/mol. The van der Waals surface area contributed by atoms with Crippen LogP contribution in [-0.4, -0.2) is 66.3 Å². The third-order valence-electron chi connectivity index (χ3n) is 6.75. The first-order valence-electron chi connectivity index (χ1n) is 13.7. The SMILES string of the molecule is O=C(OC[C@@H](OC(=O)c1ccccc1)[C@H]1O[C@@H](O)[C@@H](OC(=O)c2ccccc2)[C@H]1OC(=O)c1ccccc1)c1ccccc1. The van der Waals surface area contributed by atoms with Crippen LogP contribution < -0.4 is 0 Å². The summed E-state index contributed by atoms with van der Waals surface area (Å²) >= 11 is 0. The molecule has 0 radical (unpaired) electrons. The molecule has 1 fully saturated rings. The number of carbonyl (C=O) groups excluding carboxylic acids is 4. The molecule has 4 aromatic rings. The molecule has 4 aromatic carbocycles. The highest BCUT2D eigenvalue weighted by atomic mass is 16.7. The molecule has 0 saturated carbocycles. The van der Waals surface area contributed by atoms with E-state index in [0.29, 0.717) is 0 Å². The van der Waals surface area contributed by atoms with E-state index in [2.05, 4.69) is 0 Å². The Morgan fingerprint density at radius 3 is 1.41 bits per heavy atom. The number of carbonyl (C=O) groups is 4. The van der Waals surface area contributed by atoms with Crippen molar-refractivity contribution in [1.29, 1.82) is 0 Å². The van der Waals surface area contributed by atoms with E-state index < -0.39 is 61.2 Å². The first-order chi connectivity index (χ1) is 21.4. The van der Waals surface area contributed by atoms with Gasteiger partial charge < -0.3 is 28.8 Å². The fourth-order valence-electron chi connectivity index (χ4n) is 4.55. The average Bonchev–Trinajstić information content (AvgIpc) is 3.37. The first-order valence-corrected chi connectivity index (χ1v) is 13.7. The maximum atomic E-state index is 13.2. The molecule has 5 rings (SSSR count). The minimum Gasteiger partial charge on any atom is -0.458 e. The molecule has 10 heteroatoms. The predicted molar refractivity (Wildman–Crippen MR) is 155 cm³/mol. The Bertz CT molecular complexity index is 1560. The highest BCUT2D eigenvalue weighted by Crippen LogP contribution is 2.31. The largest absolute Gasteiger partial charge is 0.458 e. The summed E-state index contributed by atoms with van der Waals surface area (Å²) in [5.74, 6) is -3.13. The number of aliphatic hydroxyl groups is 1. The van der Waals surface area contributed by atoms with Gasteiger partial charge in [-0.25, -0.2) is 19.2 Å². The van der Waals surface area contributed by atoms with E-state index in [0.717, 1.165) is 0 Å². The Labute approximate surface area is 252 Å². The smallest absolute Gasteiger partial charge is 0.338 e. The molecule has 1 saturated heterocycles. The maximum absolute atomic E-state index is 13.2. The number of esters is 4. The molecule has 0 bridgehead atoms. The Hall–Kier alpha value is -5.32. The Morgan fingerprint density at radius 1 is 0.568 bits per heavy atom. The molecule has 0 amide bonds. The quantitative estimate of drug-likeness (QED) is 0.209. The van der Waals surface area contributed by atoms with E-state index in [1.165, 1.54) is 36.4 Å². The van der Waals surface area contributed by atoms with Gasteiger partial charge in [0.2, 0.25) is 0 Å². The molecule has 0 spiro atoms. The highest BCUT2D eigenvalue weighted by molar-refractivity contribution is 5.91. The summed E-state index contributed by atoms with van der Waals surface area (Å²) in [7, 11) is 0. The predicted octanol–water partition coefficient (Wildman–Crippen LogP) is 4.24. The fourth-order valence-corrected chi connectivity index (χ4v) is 4.55. The van der Waals surface area contributed by atoms with Crippen LogP contribution >= 0.6 is 0 Å². The molecule has 44 heavy (non-hydrogen) atoms. The minimum absolute atomic E-state index is 0.175. The first kappa shape index (κ1) is 30.1. The van der Waals surface area contributed by atoms with Crippen LogP contribution in [0.3, 0.4) is 0 Å². The summed E-state index contributed by atoms with van der Waals surface area (Å²) in [5.41, 5.74) is 0.791. The van der Waals surface area contributed by atoms with Crippen LogP contribution in [0, 0.1) is 0 Å². The van der Waals surface area contributed by atoms with Crippen molar-refractivity contribution in [2.45, 2.75) is 30.7 Å². The van der Waals surface area contributed by atoms with Crippen molar-refractivity contribution in [1.82, 2.24) is 0 Å². The van der Waals surface area contributed by atoms with Crippen molar-refractivity contribution >= 4 is 23.9 Å². The lowest BCUT2D eigenvalue weighted by molar-refractivity contribution is -0.153. The topological polar surface area (TPSA) is 135 Å². The zero-order valence-corrected chi connectivity index (χ0v) is 23.3. The summed E-state index contributed by atoms with van der Waals surface area (Å²) in [6.07, 6.45) is -7.61. The van der Waals surface area contributed by atoms with Crippen molar-refractivity contribution in [3.05, 3.63) is 144 Å².